The lowest BCUT2D eigenvalue weighted by molar-refractivity contribution is 0.126. The number of nitrogens with zero attached hydrogens (tertiary/aromatic N) is 6. The van der Waals surface area contributed by atoms with E-state index in [9.17, 15) is 0 Å². The summed E-state index contributed by atoms with van der Waals surface area (Å²) in [5.41, 5.74) is 3.28. The quantitative estimate of drug-likeness (QED) is 0.314. The number of benzene rings is 2. The van der Waals surface area contributed by atoms with E-state index in [0.717, 1.165) is 33.3 Å². The van der Waals surface area contributed by atoms with Crippen LogP contribution in [-0.4, -0.2) is 37.2 Å². The van der Waals surface area contributed by atoms with Crippen molar-refractivity contribution in [1.29, 1.82) is 0 Å². The zero-order valence-electron chi connectivity index (χ0n) is 19.7. The van der Waals surface area contributed by atoms with Crippen LogP contribution in [0.1, 0.15) is 42.4 Å². The number of methoxy groups -OCH3 is 1. The van der Waals surface area contributed by atoms with Gasteiger partial charge in [-0.1, -0.05) is 61.8 Å². The molecule has 8 heteroatoms. The van der Waals surface area contributed by atoms with Crippen LogP contribution < -0.4 is 4.74 Å². The number of hydrogen-bond acceptors (Lipinski definition) is 6. The lowest BCUT2D eigenvalue weighted by Crippen LogP contribution is -2.34. The van der Waals surface area contributed by atoms with Gasteiger partial charge >= 0.3 is 0 Å². The van der Waals surface area contributed by atoms with Crippen molar-refractivity contribution in [3.05, 3.63) is 101 Å². The van der Waals surface area contributed by atoms with Crippen LogP contribution in [0.3, 0.4) is 0 Å². The molecule has 0 aliphatic rings. The molecule has 1 atom stereocenters. The summed E-state index contributed by atoms with van der Waals surface area (Å²) in [5.74, 6) is 1.89. The van der Waals surface area contributed by atoms with Crippen LogP contribution in [-0.2, 0) is 19.6 Å². The third-order valence-corrected chi connectivity index (χ3v) is 6.15. The van der Waals surface area contributed by atoms with E-state index in [-0.39, 0.29) is 12.0 Å². The maximum atomic E-state index is 6.55. The van der Waals surface area contributed by atoms with Gasteiger partial charge in [-0.25, -0.2) is 4.68 Å². The van der Waals surface area contributed by atoms with Crippen LogP contribution in [0.4, 0.5) is 0 Å². The Hall–Kier alpha value is -3.29. The molecule has 0 saturated carbocycles. The van der Waals surface area contributed by atoms with E-state index in [0.29, 0.717) is 19.6 Å². The molecule has 0 bridgehead atoms. The van der Waals surface area contributed by atoms with Gasteiger partial charge in [0.2, 0.25) is 0 Å². The van der Waals surface area contributed by atoms with Crippen LogP contribution >= 0.6 is 11.6 Å². The average Bonchev–Trinajstić information content (AvgIpc) is 3.29. The molecule has 0 fully saturated rings. The summed E-state index contributed by atoms with van der Waals surface area (Å²) in [6.45, 7) is 6.31. The van der Waals surface area contributed by atoms with Gasteiger partial charge in [-0.05, 0) is 57.3 Å². The summed E-state index contributed by atoms with van der Waals surface area (Å²) in [5, 5.41) is 13.6. The first-order valence-corrected chi connectivity index (χ1v) is 11.7. The second-order valence-corrected chi connectivity index (χ2v) is 9.00. The molecule has 2 heterocycles. The van der Waals surface area contributed by atoms with E-state index < -0.39 is 0 Å². The highest BCUT2D eigenvalue weighted by molar-refractivity contribution is 6.31. The van der Waals surface area contributed by atoms with Crippen molar-refractivity contribution in [2.24, 2.45) is 5.92 Å². The van der Waals surface area contributed by atoms with E-state index >= 15 is 0 Å². The second-order valence-electron chi connectivity index (χ2n) is 8.59. The highest BCUT2D eigenvalue weighted by atomic mass is 35.5. The van der Waals surface area contributed by atoms with E-state index in [1.807, 2.05) is 59.4 Å². The summed E-state index contributed by atoms with van der Waals surface area (Å²) in [4.78, 5) is 6.68. The molecule has 0 aliphatic carbocycles. The Bertz CT molecular complexity index is 1180. The van der Waals surface area contributed by atoms with Gasteiger partial charge in [0.1, 0.15) is 5.75 Å². The first-order valence-electron chi connectivity index (χ1n) is 11.3. The molecule has 0 N–H and O–H groups in total. The summed E-state index contributed by atoms with van der Waals surface area (Å²) in [6.07, 6.45) is 3.69. The summed E-state index contributed by atoms with van der Waals surface area (Å²) in [7, 11) is 1.66. The molecule has 0 unspecified atom stereocenters. The first kappa shape index (κ1) is 23.9. The van der Waals surface area contributed by atoms with E-state index in [4.69, 9.17) is 16.3 Å². The molecule has 2 aromatic heterocycles. The van der Waals surface area contributed by atoms with E-state index in [2.05, 4.69) is 51.4 Å². The first-order chi connectivity index (χ1) is 16.5. The summed E-state index contributed by atoms with van der Waals surface area (Å²) in [6, 6.07) is 19.9. The lowest BCUT2D eigenvalue weighted by Gasteiger charge is -2.34. The molecule has 0 amide bonds. The van der Waals surface area contributed by atoms with Gasteiger partial charge in [-0.15, -0.1) is 5.10 Å². The van der Waals surface area contributed by atoms with Gasteiger partial charge in [0.15, 0.2) is 5.82 Å². The third-order valence-electron chi connectivity index (χ3n) is 5.78. The van der Waals surface area contributed by atoms with Crippen molar-refractivity contribution in [3.63, 3.8) is 0 Å². The van der Waals surface area contributed by atoms with Gasteiger partial charge in [0.25, 0.3) is 0 Å². The van der Waals surface area contributed by atoms with E-state index in [1.165, 1.54) is 0 Å². The van der Waals surface area contributed by atoms with Gasteiger partial charge < -0.3 is 4.74 Å². The maximum absolute atomic E-state index is 6.55. The largest absolute Gasteiger partial charge is 0.497 e. The highest BCUT2D eigenvalue weighted by Crippen LogP contribution is 2.31. The average molecular weight is 477 g/mol. The predicted octanol–water partition coefficient (Wildman–Crippen LogP) is 5.18. The van der Waals surface area contributed by atoms with Crippen molar-refractivity contribution in [1.82, 2.24) is 30.1 Å². The molecule has 176 valence electrons. The zero-order chi connectivity index (χ0) is 23.9. The van der Waals surface area contributed by atoms with Gasteiger partial charge in [-0.3, -0.25) is 9.88 Å². The Morgan fingerprint density at radius 2 is 1.76 bits per heavy atom. The normalized spacial score (nSPS) is 12.3. The van der Waals surface area contributed by atoms with Crippen LogP contribution in [0.25, 0.3) is 0 Å². The molecule has 34 heavy (non-hydrogen) atoms. The van der Waals surface area contributed by atoms with Crippen molar-refractivity contribution >= 4 is 11.6 Å². The van der Waals surface area contributed by atoms with Crippen molar-refractivity contribution in [3.8, 4) is 5.75 Å². The maximum Gasteiger partial charge on any atom is 0.169 e. The SMILES string of the molecule is COc1ccc(Cn2nnnc2[C@H](C(C)C)N(Cc2cccnc2)Cc2ccccc2Cl)cc1. The minimum Gasteiger partial charge on any atom is -0.497 e. The topological polar surface area (TPSA) is 69.0 Å². The van der Waals surface area contributed by atoms with Gasteiger partial charge in [0.05, 0.1) is 19.7 Å². The van der Waals surface area contributed by atoms with Crippen LogP contribution in [0.15, 0.2) is 73.1 Å². The zero-order valence-corrected chi connectivity index (χ0v) is 20.4. The summed E-state index contributed by atoms with van der Waals surface area (Å²) >= 11 is 6.55. The number of hydrogen-bond donors (Lipinski definition) is 0. The van der Waals surface area contributed by atoms with Gasteiger partial charge in [-0.2, -0.15) is 0 Å². The number of tetrazole rings is 1. The number of halogens is 1. The number of ether oxygens (including phenoxy) is 1. The minimum atomic E-state index is -0.0373. The van der Waals surface area contributed by atoms with Crippen molar-refractivity contribution < 1.29 is 4.74 Å². The fourth-order valence-electron chi connectivity index (χ4n) is 4.15. The fourth-order valence-corrected chi connectivity index (χ4v) is 4.34. The number of pyridine rings is 1. The highest BCUT2D eigenvalue weighted by Gasteiger charge is 2.30. The molecule has 0 spiro atoms. The van der Waals surface area contributed by atoms with Crippen LogP contribution in [0.5, 0.6) is 5.75 Å². The van der Waals surface area contributed by atoms with E-state index in [1.54, 1.807) is 13.3 Å². The van der Waals surface area contributed by atoms with Gasteiger partial charge in [0, 0.05) is 30.5 Å². The molecule has 0 saturated heterocycles. The standard InChI is InChI=1S/C26H29ClN6O/c1-19(2)25(26-29-30-31-33(26)17-20-10-12-23(34-3)13-11-20)32(16-21-7-6-14-28-15-21)18-22-8-4-5-9-24(22)27/h4-15,19,25H,16-18H2,1-3H3/t25-/m0/s1. The molecule has 4 rings (SSSR count). The molecule has 2 aromatic carbocycles. The lowest BCUT2D eigenvalue weighted by atomic mass is 9.99. The molecular weight excluding hydrogens is 448 g/mol. The molecule has 7 nitrogen and oxygen atoms in total. The predicted molar refractivity (Wildman–Crippen MR) is 132 cm³/mol. The Balaban J connectivity index is 1.68. The molecule has 0 aliphatic heterocycles. The fraction of sp³-hybridized carbons (Fsp3) is 0.308. The molecule has 4 aromatic rings. The monoisotopic (exact) mass is 476 g/mol. The summed E-state index contributed by atoms with van der Waals surface area (Å²) < 4.78 is 7.17. The number of rotatable bonds is 10. The Kier molecular flexibility index (Phi) is 7.87. The molecular formula is C26H29ClN6O. The van der Waals surface area contributed by atoms with Crippen LogP contribution in [0, 0.1) is 5.92 Å². The number of aromatic nitrogens is 5. The Morgan fingerprint density at radius 3 is 2.44 bits per heavy atom. The van der Waals surface area contributed by atoms with Crippen molar-refractivity contribution in [2.45, 2.75) is 39.5 Å². The smallest absolute Gasteiger partial charge is 0.169 e. The minimum absolute atomic E-state index is 0.0373. The Morgan fingerprint density at radius 1 is 0.971 bits per heavy atom. The van der Waals surface area contributed by atoms with Crippen molar-refractivity contribution in [2.75, 3.05) is 7.11 Å². The molecule has 0 radical (unpaired) electrons. The van der Waals surface area contributed by atoms with Crippen LogP contribution in [0.2, 0.25) is 5.02 Å². The second kappa shape index (κ2) is 11.2. The Labute approximate surface area is 205 Å². The third kappa shape index (κ3) is 5.79.